The molecule has 1 heterocycles. The highest BCUT2D eigenvalue weighted by Crippen LogP contribution is 2.13. The number of aromatic nitrogens is 4. The minimum Gasteiger partial charge on any atom is -0.452 e. The summed E-state index contributed by atoms with van der Waals surface area (Å²) in [5.74, 6) is -1.000. The molecule has 0 saturated heterocycles. The number of hydrogen-bond acceptors (Lipinski definition) is 6. The monoisotopic (exact) mass is 351 g/mol. The van der Waals surface area contributed by atoms with Crippen molar-refractivity contribution in [3.63, 3.8) is 0 Å². The van der Waals surface area contributed by atoms with Gasteiger partial charge in [0.05, 0.1) is 11.3 Å². The van der Waals surface area contributed by atoms with E-state index in [1.54, 1.807) is 24.3 Å². The Kier molecular flexibility index (Phi) is 5.33. The third kappa shape index (κ3) is 4.29. The summed E-state index contributed by atoms with van der Waals surface area (Å²) in [5, 5.41) is 13.6. The molecule has 0 unspecified atom stereocenters. The van der Waals surface area contributed by atoms with Gasteiger partial charge >= 0.3 is 5.97 Å². The second kappa shape index (κ2) is 8.02. The number of carbonyl (C=O) groups excluding carboxylic acids is 2. The largest absolute Gasteiger partial charge is 0.452 e. The molecule has 0 aliphatic carbocycles. The molecule has 0 atom stereocenters. The number of nitrogens with zero attached hydrogens (tertiary/aromatic N) is 4. The van der Waals surface area contributed by atoms with E-state index >= 15 is 0 Å². The van der Waals surface area contributed by atoms with Gasteiger partial charge in [0.2, 0.25) is 0 Å². The lowest BCUT2D eigenvalue weighted by molar-refractivity contribution is -0.124. The summed E-state index contributed by atoms with van der Waals surface area (Å²) in [7, 11) is 0. The summed E-state index contributed by atoms with van der Waals surface area (Å²) in [4.78, 5) is 24.2. The summed E-state index contributed by atoms with van der Waals surface area (Å²) in [6, 6.07) is 14.5. The zero-order valence-electron chi connectivity index (χ0n) is 14.1. The Labute approximate surface area is 149 Å². The molecule has 0 radical (unpaired) electrons. The van der Waals surface area contributed by atoms with Crippen LogP contribution in [0.5, 0.6) is 0 Å². The van der Waals surface area contributed by atoms with Gasteiger partial charge in [0, 0.05) is 6.54 Å². The molecule has 0 bridgehead atoms. The SMILES string of the molecule is Cc1ccc(CNC(=O)COC(=O)c2ccccc2-n2cnnn2)cc1. The summed E-state index contributed by atoms with van der Waals surface area (Å²) in [5.41, 5.74) is 2.86. The van der Waals surface area contributed by atoms with E-state index in [1.807, 2.05) is 31.2 Å². The summed E-state index contributed by atoms with van der Waals surface area (Å²) >= 11 is 0. The van der Waals surface area contributed by atoms with Gasteiger partial charge in [0.25, 0.3) is 5.91 Å². The topological polar surface area (TPSA) is 99.0 Å². The Bertz CT molecular complexity index is 891. The van der Waals surface area contributed by atoms with Crippen LogP contribution in [-0.2, 0) is 16.1 Å². The van der Waals surface area contributed by atoms with Crippen molar-refractivity contribution in [1.29, 1.82) is 0 Å². The van der Waals surface area contributed by atoms with E-state index in [4.69, 9.17) is 4.74 Å². The van der Waals surface area contributed by atoms with Crippen LogP contribution < -0.4 is 5.32 Å². The highest BCUT2D eigenvalue weighted by atomic mass is 16.5. The van der Waals surface area contributed by atoms with Crippen molar-refractivity contribution < 1.29 is 14.3 Å². The van der Waals surface area contributed by atoms with Crippen LogP contribution in [-0.4, -0.2) is 38.7 Å². The molecule has 0 saturated carbocycles. The predicted octanol–water partition coefficient (Wildman–Crippen LogP) is 1.44. The Morgan fingerprint density at radius 3 is 2.62 bits per heavy atom. The van der Waals surface area contributed by atoms with Crippen LogP contribution in [0.2, 0.25) is 0 Å². The van der Waals surface area contributed by atoms with Crippen molar-refractivity contribution in [3.05, 3.63) is 71.5 Å². The molecule has 1 aromatic heterocycles. The minimum atomic E-state index is -0.624. The number of tetrazole rings is 1. The molecule has 1 amide bonds. The van der Waals surface area contributed by atoms with Gasteiger partial charge in [-0.1, -0.05) is 42.0 Å². The number of amides is 1. The molecular weight excluding hydrogens is 334 g/mol. The van der Waals surface area contributed by atoms with Crippen molar-refractivity contribution in [1.82, 2.24) is 25.5 Å². The fraction of sp³-hybridized carbons (Fsp3) is 0.167. The first kappa shape index (κ1) is 17.3. The second-order valence-electron chi connectivity index (χ2n) is 5.61. The van der Waals surface area contributed by atoms with Gasteiger partial charge in [-0.2, -0.15) is 4.68 Å². The highest BCUT2D eigenvalue weighted by molar-refractivity contribution is 5.94. The third-order valence-corrected chi connectivity index (χ3v) is 3.66. The van der Waals surface area contributed by atoms with Crippen LogP contribution in [0.3, 0.4) is 0 Å². The fourth-order valence-electron chi connectivity index (χ4n) is 2.28. The lowest BCUT2D eigenvalue weighted by Gasteiger charge is -2.09. The Morgan fingerprint density at radius 1 is 1.12 bits per heavy atom. The van der Waals surface area contributed by atoms with E-state index in [9.17, 15) is 9.59 Å². The van der Waals surface area contributed by atoms with Gasteiger partial charge < -0.3 is 10.1 Å². The highest BCUT2D eigenvalue weighted by Gasteiger charge is 2.16. The first-order chi connectivity index (χ1) is 12.6. The number of hydrogen-bond donors (Lipinski definition) is 1. The maximum atomic E-state index is 12.3. The van der Waals surface area contributed by atoms with E-state index in [1.165, 1.54) is 11.0 Å². The molecule has 0 aliphatic heterocycles. The van der Waals surface area contributed by atoms with Crippen LogP contribution in [0.4, 0.5) is 0 Å². The van der Waals surface area contributed by atoms with E-state index in [-0.39, 0.29) is 18.1 Å². The van der Waals surface area contributed by atoms with Gasteiger partial charge in [0.15, 0.2) is 6.61 Å². The normalized spacial score (nSPS) is 10.3. The van der Waals surface area contributed by atoms with Crippen molar-refractivity contribution in [3.8, 4) is 5.69 Å². The van der Waals surface area contributed by atoms with Crippen LogP contribution in [0.15, 0.2) is 54.9 Å². The molecule has 0 spiro atoms. The average molecular weight is 351 g/mol. The molecule has 2 aromatic carbocycles. The molecule has 3 aromatic rings. The van der Waals surface area contributed by atoms with Crippen molar-refractivity contribution in [2.24, 2.45) is 0 Å². The van der Waals surface area contributed by atoms with Crippen molar-refractivity contribution >= 4 is 11.9 Å². The quantitative estimate of drug-likeness (QED) is 0.675. The lowest BCUT2D eigenvalue weighted by Crippen LogP contribution is -2.28. The predicted molar refractivity (Wildman–Crippen MR) is 92.5 cm³/mol. The minimum absolute atomic E-state index is 0.270. The van der Waals surface area contributed by atoms with Crippen LogP contribution >= 0.6 is 0 Å². The number of para-hydroxylation sites is 1. The van der Waals surface area contributed by atoms with Gasteiger partial charge in [-0.05, 0) is 35.0 Å². The van der Waals surface area contributed by atoms with E-state index in [0.29, 0.717) is 12.2 Å². The van der Waals surface area contributed by atoms with Crippen molar-refractivity contribution in [2.45, 2.75) is 13.5 Å². The second-order valence-corrected chi connectivity index (χ2v) is 5.61. The molecule has 0 fully saturated rings. The maximum Gasteiger partial charge on any atom is 0.340 e. The molecular formula is C18H17N5O3. The van der Waals surface area contributed by atoms with Gasteiger partial charge in [-0.25, -0.2) is 4.79 Å². The Morgan fingerprint density at radius 2 is 1.88 bits per heavy atom. The molecule has 26 heavy (non-hydrogen) atoms. The van der Waals surface area contributed by atoms with Crippen LogP contribution in [0.1, 0.15) is 21.5 Å². The van der Waals surface area contributed by atoms with Crippen LogP contribution in [0.25, 0.3) is 5.69 Å². The number of esters is 1. The van der Waals surface area contributed by atoms with E-state index in [0.717, 1.165) is 11.1 Å². The first-order valence-corrected chi connectivity index (χ1v) is 7.95. The number of aryl methyl sites for hydroxylation is 1. The molecule has 0 aliphatic rings. The molecule has 3 rings (SSSR count). The van der Waals surface area contributed by atoms with Gasteiger partial charge in [0.1, 0.15) is 6.33 Å². The fourth-order valence-corrected chi connectivity index (χ4v) is 2.28. The standard InChI is InChI=1S/C18H17N5O3/c1-13-6-8-14(9-7-13)10-19-17(24)11-26-18(25)15-4-2-3-5-16(15)23-12-20-21-22-23/h2-9,12H,10-11H2,1H3,(H,19,24). The summed E-state index contributed by atoms with van der Waals surface area (Å²) < 4.78 is 6.46. The smallest absolute Gasteiger partial charge is 0.340 e. The van der Waals surface area contributed by atoms with Crippen molar-refractivity contribution in [2.75, 3.05) is 6.61 Å². The van der Waals surface area contributed by atoms with E-state index < -0.39 is 5.97 Å². The Hall–Kier alpha value is -3.55. The molecule has 8 nitrogen and oxygen atoms in total. The number of carbonyl (C=O) groups is 2. The Balaban J connectivity index is 1.56. The number of ether oxygens (including phenoxy) is 1. The van der Waals surface area contributed by atoms with Gasteiger partial charge in [-0.15, -0.1) is 5.10 Å². The first-order valence-electron chi connectivity index (χ1n) is 7.95. The lowest BCUT2D eigenvalue weighted by atomic mass is 10.1. The third-order valence-electron chi connectivity index (χ3n) is 3.66. The average Bonchev–Trinajstić information content (AvgIpc) is 3.20. The van der Waals surface area contributed by atoms with Crippen LogP contribution in [0, 0.1) is 6.92 Å². The number of nitrogens with one attached hydrogen (secondary N) is 1. The summed E-state index contributed by atoms with van der Waals surface area (Å²) in [6.07, 6.45) is 1.38. The molecule has 1 N–H and O–H groups in total. The molecule has 132 valence electrons. The molecule has 8 heteroatoms. The zero-order valence-corrected chi connectivity index (χ0v) is 14.1. The number of benzene rings is 2. The summed E-state index contributed by atoms with van der Waals surface area (Å²) in [6.45, 7) is 2.00. The zero-order chi connectivity index (χ0) is 18.4. The van der Waals surface area contributed by atoms with E-state index in [2.05, 4.69) is 20.8 Å². The van der Waals surface area contributed by atoms with Gasteiger partial charge in [-0.3, -0.25) is 4.79 Å². The maximum absolute atomic E-state index is 12.3. The number of rotatable bonds is 6.